The third kappa shape index (κ3) is 4.68. The van der Waals surface area contributed by atoms with E-state index in [9.17, 15) is 10.1 Å². The lowest BCUT2D eigenvalue weighted by molar-refractivity contribution is -0.112. The Bertz CT molecular complexity index is 885. The fourth-order valence-corrected chi connectivity index (χ4v) is 3.00. The van der Waals surface area contributed by atoms with Crippen LogP contribution in [-0.2, 0) is 4.79 Å². The molecule has 0 spiro atoms. The minimum atomic E-state index is -0.503. The summed E-state index contributed by atoms with van der Waals surface area (Å²) in [5.41, 5.74) is 6.58. The predicted octanol–water partition coefficient (Wildman–Crippen LogP) is 2.49. The van der Waals surface area contributed by atoms with Crippen molar-refractivity contribution in [2.24, 2.45) is 0 Å². The quantitative estimate of drug-likeness (QED) is 0.479. The molecule has 1 fully saturated rings. The molecular weight excluding hydrogens is 364 g/mol. The van der Waals surface area contributed by atoms with E-state index >= 15 is 0 Å². The van der Waals surface area contributed by atoms with Gasteiger partial charge in [-0.05, 0) is 30.3 Å². The van der Waals surface area contributed by atoms with Gasteiger partial charge in [0, 0.05) is 44.3 Å². The molecule has 0 aliphatic carbocycles. The summed E-state index contributed by atoms with van der Waals surface area (Å²) in [6.07, 6.45) is 3.36. The molecule has 3 rings (SSSR count). The molecule has 0 unspecified atom stereocenters. The van der Waals surface area contributed by atoms with Gasteiger partial charge in [0.05, 0.1) is 10.7 Å². The van der Waals surface area contributed by atoms with Crippen molar-refractivity contribution in [3.8, 4) is 6.07 Å². The number of carbonyl (C=O) groups excluding carboxylic acids is 1. The van der Waals surface area contributed by atoms with Gasteiger partial charge in [0.2, 0.25) is 0 Å². The summed E-state index contributed by atoms with van der Waals surface area (Å²) in [5, 5.41) is 12.3. The van der Waals surface area contributed by atoms with Crippen molar-refractivity contribution in [3.63, 3.8) is 0 Å². The molecule has 2 heterocycles. The Morgan fingerprint density at radius 3 is 2.67 bits per heavy atom. The summed E-state index contributed by atoms with van der Waals surface area (Å²) in [6.45, 7) is 2.91. The number of rotatable bonds is 4. The molecular formula is C19H19ClN6O. The Morgan fingerprint density at radius 2 is 2.04 bits per heavy atom. The SMILES string of the molecule is N#C/C(=C/N1CCN(c2ccccn2)CC1)C(=O)Nc1ccc(N)cc1Cl. The number of carbonyl (C=O) groups is 1. The van der Waals surface area contributed by atoms with Gasteiger partial charge in [0.1, 0.15) is 17.5 Å². The number of aromatic nitrogens is 1. The molecule has 7 nitrogen and oxygen atoms in total. The zero-order valence-corrected chi connectivity index (χ0v) is 15.4. The van der Waals surface area contributed by atoms with Crippen molar-refractivity contribution >= 4 is 34.7 Å². The highest BCUT2D eigenvalue weighted by atomic mass is 35.5. The minimum Gasteiger partial charge on any atom is -0.399 e. The lowest BCUT2D eigenvalue weighted by Crippen LogP contribution is -2.44. The maximum absolute atomic E-state index is 12.4. The topological polar surface area (TPSA) is 98.3 Å². The molecule has 2 aromatic rings. The van der Waals surface area contributed by atoms with E-state index in [1.165, 1.54) is 0 Å². The van der Waals surface area contributed by atoms with Crippen LogP contribution < -0.4 is 16.0 Å². The number of halogens is 1. The Kier molecular flexibility index (Phi) is 5.79. The molecule has 27 heavy (non-hydrogen) atoms. The number of pyridine rings is 1. The smallest absolute Gasteiger partial charge is 0.267 e. The first-order valence-electron chi connectivity index (χ1n) is 8.45. The Balaban J connectivity index is 1.63. The lowest BCUT2D eigenvalue weighted by atomic mass is 10.2. The molecule has 1 aromatic heterocycles. The summed E-state index contributed by atoms with van der Waals surface area (Å²) in [4.78, 5) is 20.9. The molecule has 1 aliphatic heterocycles. The molecule has 1 aliphatic rings. The molecule has 0 atom stereocenters. The number of nitrogens with two attached hydrogens (primary N) is 1. The summed E-state index contributed by atoms with van der Waals surface area (Å²) in [5.74, 6) is 0.425. The fraction of sp³-hybridized carbons (Fsp3) is 0.211. The van der Waals surface area contributed by atoms with Crippen molar-refractivity contribution in [2.45, 2.75) is 0 Å². The Hall–Kier alpha value is -3.24. The van der Waals surface area contributed by atoms with Crippen LogP contribution in [0.1, 0.15) is 0 Å². The van der Waals surface area contributed by atoms with Gasteiger partial charge < -0.3 is 20.9 Å². The highest BCUT2D eigenvalue weighted by molar-refractivity contribution is 6.34. The molecule has 8 heteroatoms. The van der Waals surface area contributed by atoms with Gasteiger partial charge in [0.15, 0.2) is 0 Å². The summed E-state index contributed by atoms with van der Waals surface area (Å²) in [6, 6.07) is 12.5. The number of hydrogen-bond acceptors (Lipinski definition) is 6. The van der Waals surface area contributed by atoms with E-state index in [1.807, 2.05) is 29.2 Å². The van der Waals surface area contributed by atoms with Crippen LogP contribution in [0.25, 0.3) is 0 Å². The number of nitrogens with one attached hydrogen (secondary N) is 1. The van der Waals surface area contributed by atoms with Crippen LogP contribution in [0.3, 0.4) is 0 Å². The standard InChI is InChI=1S/C19H19ClN6O/c20-16-11-15(22)4-5-17(16)24-19(27)14(12-21)13-25-7-9-26(10-8-25)18-3-1-2-6-23-18/h1-6,11,13H,7-10,22H2,(H,24,27)/b14-13-. The van der Waals surface area contributed by atoms with E-state index in [2.05, 4.69) is 15.2 Å². The molecule has 0 saturated carbocycles. The van der Waals surface area contributed by atoms with Crippen LogP contribution in [0.15, 0.2) is 54.4 Å². The third-order valence-corrected chi connectivity index (χ3v) is 4.52. The second-order valence-electron chi connectivity index (χ2n) is 6.06. The maximum Gasteiger partial charge on any atom is 0.267 e. The lowest BCUT2D eigenvalue weighted by Gasteiger charge is -2.34. The minimum absolute atomic E-state index is 0.0224. The second kappa shape index (κ2) is 8.43. The van der Waals surface area contributed by atoms with Crippen LogP contribution in [0.2, 0.25) is 5.02 Å². The van der Waals surface area contributed by atoms with E-state index in [1.54, 1.807) is 30.6 Å². The van der Waals surface area contributed by atoms with Crippen LogP contribution in [0.5, 0.6) is 0 Å². The van der Waals surface area contributed by atoms with Crippen molar-refractivity contribution < 1.29 is 4.79 Å². The highest BCUT2D eigenvalue weighted by Crippen LogP contribution is 2.24. The first kappa shape index (κ1) is 18.5. The maximum atomic E-state index is 12.4. The second-order valence-corrected chi connectivity index (χ2v) is 6.47. The number of piperazine rings is 1. The van der Waals surface area contributed by atoms with E-state index in [0.717, 1.165) is 18.9 Å². The van der Waals surface area contributed by atoms with Gasteiger partial charge in [0.25, 0.3) is 5.91 Å². The first-order chi connectivity index (χ1) is 13.1. The van der Waals surface area contributed by atoms with Gasteiger partial charge in [-0.25, -0.2) is 4.98 Å². The van der Waals surface area contributed by atoms with Crippen molar-refractivity contribution in [1.82, 2.24) is 9.88 Å². The number of amides is 1. The number of nitriles is 1. The molecule has 3 N–H and O–H groups in total. The molecule has 138 valence electrons. The van der Waals surface area contributed by atoms with Gasteiger partial charge >= 0.3 is 0 Å². The number of anilines is 3. The first-order valence-corrected chi connectivity index (χ1v) is 8.83. The van der Waals surface area contributed by atoms with Crippen LogP contribution in [0.4, 0.5) is 17.2 Å². The van der Waals surface area contributed by atoms with Crippen LogP contribution in [0, 0.1) is 11.3 Å². The van der Waals surface area contributed by atoms with Crippen molar-refractivity contribution in [1.29, 1.82) is 5.26 Å². The number of nitrogen functional groups attached to an aromatic ring is 1. The van der Waals surface area contributed by atoms with E-state index in [0.29, 0.717) is 29.5 Å². The average Bonchev–Trinajstić information content (AvgIpc) is 2.69. The molecule has 1 aromatic carbocycles. The van der Waals surface area contributed by atoms with Crippen molar-refractivity contribution in [2.75, 3.05) is 42.1 Å². The fourth-order valence-electron chi connectivity index (χ4n) is 2.76. The number of benzene rings is 1. The van der Waals surface area contributed by atoms with E-state index < -0.39 is 5.91 Å². The van der Waals surface area contributed by atoms with E-state index in [4.69, 9.17) is 17.3 Å². The number of nitrogens with zero attached hydrogens (tertiary/aromatic N) is 4. The van der Waals surface area contributed by atoms with Gasteiger partial charge in [-0.2, -0.15) is 5.26 Å². The zero-order chi connectivity index (χ0) is 19.2. The summed E-state index contributed by atoms with van der Waals surface area (Å²) >= 11 is 6.07. The molecule has 0 radical (unpaired) electrons. The average molecular weight is 383 g/mol. The largest absolute Gasteiger partial charge is 0.399 e. The van der Waals surface area contributed by atoms with Crippen LogP contribution in [-0.4, -0.2) is 42.0 Å². The molecule has 0 bridgehead atoms. The normalized spacial score (nSPS) is 14.6. The Morgan fingerprint density at radius 1 is 1.26 bits per heavy atom. The van der Waals surface area contributed by atoms with Crippen LogP contribution >= 0.6 is 11.6 Å². The van der Waals surface area contributed by atoms with Crippen molar-refractivity contribution in [3.05, 3.63) is 59.4 Å². The molecule has 1 amide bonds. The predicted molar refractivity (Wildman–Crippen MR) is 106 cm³/mol. The number of hydrogen-bond donors (Lipinski definition) is 2. The molecule has 1 saturated heterocycles. The highest BCUT2D eigenvalue weighted by Gasteiger charge is 2.18. The van der Waals surface area contributed by atoms with Gasteiger partial charge in [-0.1, -0.05) is 17.7 Å². The third-order valence-electron chi connectivity index (χ3n) is 4.21. The summed E-state index contributed by atoms with van der Waals surface area (Å²) in [7, 11) is 0. The zero-order valence-electron chi connectivity index (χ0n) is 14.6. The summed E-state index contributed by atoms with van der Waals surface area (Å²) < 4.78 is 0. The Labute approximate surface area is 162 Å². The monoisotopic (exact) mass is 382 g/mol. The van der Waals surface area contributed by atoms with Gasteiger partial charge in [-0.15, -0.1) is 0 Å². The van der Waals surface area contributed by atoms with E-state index in [-0.39, 0.29) is 5.57 Å². The van der Waals surface area contributed by atoms with Gasteiger partial charge in [-0.3, -0.25) is 4.79 Å².